The number of hydrogen-bond acceptors (Lipinski definition) is 4. The number of aromatic nitrogens is 3. The van der Waals surface area contributed by atoms with Crippen molar-refractivity contribution < 1.29 is 5.11 Å². The summed E-state index contributed by atoms with van der Waals surface area (Å²) in [7, 11) is 0. The summed E-state index contributed by atoms with van der Waals surface area (Å²) in [4.78, 5) is 4.58. The normalized spacial score (nSPS) is 17.3. The van der Waals surface area contributed by atoms with Crippen molar-refractivity contribution >= 4 is 23.1 Å². The van der Waals surface area contributed by atoms with Gasteiger partial charge in [0, 0.05) is 28.8 Å². The number of nitrogens with one attached hydrogen (secondary N) is 1. The number of nitrogens with zero attached hydrogens (tertiary/aromatic N) is 3. The second-order valence-corrected chi connectivity index (χ2v) is 7.34. The average molecular weight is 357 g/mol. The smallest absolute Gasteiger partial charge is 0.157 e. The summed E-state index contributed by atoms with van der Waals surface area (Å²) < 4.78 is 1.78. The van der Waals surface area contributed by atoms with Crippen LogP contribution in [0.15, 0.2) is 36.4 Å². The highest BCUT2D eigenvalue weighted by Gasteiger charge is 2.35. The zero-order valence-corrected chi connectivity index (χ0v) is 15.1. The van der Waals surface area contributed by atoms with Crippen LogP contribution in [0.3, 0.4) is 0 Å². The molecule has 0 aliphatic heterocycles. The number of aryl methyl sites for hydroxylation is 1. The van der Waals surface area contributed by atoms with Crippen molar-refractivity contribution in [2.45, 2.75) is 44.8 Å². The molecule has 1 aliphatic carbocycles. The van der Waals surface area contributed by atoms with E-state index >= 15 is 0 Å². The SMILES string of the molecule is Cc1cc(NC2(O)CCC2)n2nc(C(C)c3ccc(Cl)cc3)cc2n1. The van der Waals surface area contributed by atoms with E-state index in [0.717, 1.165) is 52.7 Å². The Morgan fingerprint density at radius 1 is 1.24 bits per heavy atom. The van der Waals surface area contributed by atoms with Gasteiger partial charge >= 0.3 is 0 Å². The van der Waals surface area contributed by atoms with E-state index in [1.54, 1.807) is 4.52 Å². The molecule has 0 spiro atoms. The Hall–Kier alpha value is -2.11. The van der Waals surface area contributed by atoms with Gasteiger partial charge in [0.15, 0.2) is 5.65 Å². The van der Waals surface area contributed by atoms with Gasteiger partial charge in [0.25, 0.3) is 0 Å². The minimum Gasteiger partial charge on any atom is -0.371 e. The summed E-state index contributed by atoms with van der Waals surface area (Å²) in [5, 5.41) is 19.2. The molecule has 4 rings (SSSR count). The van der Waals surface area contributed by atoms with Gasteiger partial charge in [-0.05, 0) is 43.9 Å². The van der Waals surface area contributed by atoms with Crippen LogP contribution in [0, 0.1) is 6.92 Å². The van der Waals surface area contributed by atoms with Crippen LogP contribution in [0.4, 0.5) is 5.82 Å². The molecule has 1 saturated carbocycles. The maximum absolute atomic E-state index is 10.4. The molecule has 1 aromatic carbocycles. The van der Waals surface area contributed by atoms with E-state index in [1.165, 1.54) is 0 Å². The molecule has 2 aromatic heterocycles. The lowest BCUT2D eigenvalue weighted by atomic mass is 9.88. The molecule has 2 N–H and O–H groups in total. The zero-order chi connectivity index (χ0) is 17.6. The quantitative estimate of drug-likeness (QED) is 0.690. The van der Waals surface area contributed by atoms with Gasteiger partial charge in [-0.1, -0.05) is 30.7 Å². The predicted molar refractivity (Wildman–Crippen MR) is 99.1 cm³/mol. The van der Waals surface area contributed by atoms with Gasteiger partial charge in [-0.25, -0.2) is 4.98 Å². The number of hydrogen-bond donors (Lipinski definition) is 2. The van der Waals surface area contributed by atoms with Gasteiger partial charge in [0.2, 0.25) is 0 Å². The molecular formula is C19H21ClN4O. The molecule has 2 heterocycles. The van der Waals surface area contributed by atoms with E-state index < -0.39 is 5.72 Å². The first-order chi connectivity index (χ1) is 11.9. The molecule has 5 nitrogen and oxygen atoms in total. The fourth-order valence-electron chi connectivity index (χ4n) is 3.22. The first-order valence-corrected chi connectivity index (χ1v) is 8.95. The van der Waals surface area contributed by atoms with E-state index in [9.17, 15) is 5.11 Å². The van der Waals surface area contributed by atoms with Crippen LogP contribution in [0.5, 0.6) is 0 Å². The van der Waals surface area contributed by atoms with Crippen LogP contribution in [-0.2, 0) is 0 Å². The highest BCUT2D eigenvalue weighted by Crippen LogP contribution is 2.33. The highest BCUT2D eigenvalue weighted by atomic mass is 35.5. The third kappa shape index (κ3) is 3.10. The van der Waals surface area contributed by atoms with Gasteiger partial charge in [0.05, 0.1) is 5.69 Å². The summed E-state index contributed by atoms with van der Waals surface area (Å²) in [6.45, 7) is 4.07. The van der Waals surface area contributed by atoms with Crippen LogP contribution < -0.4 is 5.32 Å². The molecule has 1 atom stereocenters. The molecule has 6 heteroatoms. The van der Waals surface area contributed by atoms with Crippen LogP contribution in [0.2, 0.25) is 5.02 Å². The van der Waals surface area contributed by atoms with E-state index in [0.29, 0.717) is 0 Å². The Balaban J connectivity index is 1.72. The summed E-state index contributed by atoms with van der Waals surface area (Å²) in [6.07, 6.45) is 2.55. The van der Waals surface area contributed by atoms with Crippen molar-refractivity contribution in [2.24, 2.45) is 0 Å². The number of rotatable bonds is 4. The maximum atomic E-state index is 10.4. The molecule has 0 bridgehead atoms. The van der Waals surface area contributed by atoms with Gasteiger partial charge in [-0.2, -0.15) is 9.61 Å². The molecule has 130 valence electrons. The Morgan fingerprint density at radius 2 is 1.96 bits per heavy atom. The summed E-state index contributed by atoms with van der Waals surface area (Å²) in [5.74, 6) is 0.901. The highest BCUT2D eigenvalue weighted by molar-refractivity contribution is 6.30. The van der Waals surface area contributed by atoms with Crippen LogP contribution in [0.1, 0.15) is 49.1 Å². The Labute approximate surface area is 151 Å². The summed E-state index contributed by atoms with van der Waals surface area (Å²) in [6, 6.07) is 11.8. The van der Waals surface area contributed by atoms with Gasteiger partial charge < -0.3 is 10.4 Å². The lowest BCUT2D eigenvalue weighted by molar-refractivity contribution is -0.00594. The Kier molecular flexibility index (Phi) is 3.93. The fraction of sp³-hybridized carbons (Fsp3) is 0.368. The van der Waals surface area contributed by atoms with Crippen LogP contribution in [-0.4, -0.2) is 25.4 Å². The molecule has 0 saturated heterocycles. The standard InChI is InChI=1S/C19H21ClN4O/c1-12-10-18(22-19(25)8-3-9-19)24-17(21-12)11-16(23-24)13(2)14-4-6-15(20)7-5-14/h4-7,10-11,13,22,25H,3,8-9H2,1-2H3. The lowest BCUT2D eigenvalue weighted by Crippen LogP contribution is -2.45. The zero-order valence-electron chi connectivity index (χ0n) is 14.3. The van der Waals surface area contributed by atoms with E-state index in [1.807, 2.05) is 43.3 Å². The maximum Gasteiger partial charge on any atom is 0.157 e. The van der Waals surface area contributed by atoms with E-state index in [-0.39, 0.29) is 5.92 Å². The largest absolute Gasteiger partial charge is 0.371 e. The third-order valence-corrected chi connectivity index (χ3v) is 5.18. The summed E-state index contributed by atoms with van der Waals surface area (Å²) in [5.41, 5.74) is 2.93. The summed E-state index contributed by atoms with van der Waals surface area (Å²) >= 11 is 5.98. The Bertz CT molecular complexity index is 915. The van der Waals surface area contributed by atoms with Crippen LogP contribution in [0.25, 0.3) is 5.65 Å². The number of anilines is 1. The monoisotopic (exact) mass is 356 g/mol. The minimum absolute atomic E-state index is 0.124. The van der Waals surface area contributed by atoms with Crippen molar-refractivity contribution in [2.75, 3.05) is 5.32 Å². The molecule has 1 unspecified atom stereocenters. The predicted octanol–water partition coefficient (Wildman–Crippen LogP) is 4.13. The first-order valence-electron chi connectivity index (χ1n) is 8.57. The molecule has 1 aliphatic rings. The van der Waals surface area contributed by atoms with Crippen molar-refractivity contribution in [3.8, 4) is 0 Å². The number of fused-ring (bicyclic) bond motifs is 1. The minimum atomic E-state index is -0.825. The van der Waals surface area contributed by atoms with Gasteiger partial charge in [-0.3, -0.25) is 0 Å². The van der Waals surface area contributed by atoms with Gasteiger partial charge in [0.1, 0.15) is 11.5 Å². The number of halogens is 1. The molecule has 1 fully saturated rings. The topological polar surface area (TPSA) is 62.5 Å². The molecule has 3 aromatic rings. The number of benzene rings is 1. The van der Waals surface area contributed by atoms with E-state index in [4.69, 9.17) is 16.7 Å². The van der Waals surface area contributed by atoms with Crippen molar-refractivity contribution in [3.63, 3.8) is 0 Å². The van der Waals surface area contributed by atoms with Crippen LogP contribution >= 0.6 is 11.6 Å². The molecular weight excluding hydrogens is 336 g/mol. The average Bonchev–Trinajstić information content (AvgIpc) is 2.97. The fourth-order valence-corrected chi connectivity index (χ4v) is 3.34. The Morgan fingerprint density at radius 3 is 2.60 bits per heavy atom. The van der Waals surface area contributed by atoms with Crippen molar-refractivity contribution in [1.82, 2.24) is 14.6 Å². The first kappa shape index (κ1) is 16.4. The van der Waals surface area contributed by atoms with Gasteiger partial charge in [-0.15, -0.1) is 0 Å². The lowest BCUT2D eigenvalue weighted by Gasteiger charge is -2.37. The molecule has 25 heavy (non-hydrogen) atoms. The second-order valence-electron chi connectivity index (χ2n) is 6.91. The molecule has 0 amide bonds. The van der Waals surface area contributed by atoms with Crippen molar-refractivity contribution in [3.05, 3.63) is 58.4 Å². The van der Waals surface area contributed by atoms with E-state index in [2.05, 4.69) is 17.2 Å². The second kappa shape index (κ2) is 6.00. The third-order valence-electron chi connectivity index (χ3n) is 4.93. The number of aliphatic hydroxyl groups is 1. The molecule has 0 radical (unpaired) electrons. The van der Waals surface area contributed by atoms with Crippen molar-refractivity contribution in [1.29, 1.82) is 0 Å².